The Morgan fingerprint density at radius 2 is 2.24 bits per heavy atom. The van der Waals surface area contributed by atoms with Crippen molar-refractivity contribution in [2.45, 2.75) is 38.3 Å². The van der Waals surface area contributed by atoms with Gasteiger partial charge in [-0.15, -0.1) is 0 Å². The molecule has 1 aliphatic carbocycles. The number of benzene rings is 1. The molecule has 2 unspecified atom stereocenters. The van der Waals surface area contributed by atoms with Gasteiger partial charge in [0.2, 0.25) is 0 Å². The maximum Gasteiger partial charge on any atom is 0.119 e. The predicted molar refractivity (Wildman–Crippen MR) is 68.3 cm³/mol. The molecule has 0 spiro atoms. The number of nitrogens with two attached hydrogens (primary N) is 1. The molecule has 0 aromatic heterocycles. The minimum absolute atomic E-state index is 0.0167. The molecule has 1 aromatic rings. The van der Waals surface area contributed by atoms with Gasteiger partial charge in [0.15, 0.2) is 0 Å². The minimum atomic E-state index is -0.0167. The molecule has 0 heterocycles. The van der Waals surface area contributed by atoms with E-state index >= 15 is 0 Å². The molecule has 0 fully saturated rings. The Hall–Kier alpha value is -1.06. The summed E-state index contributed by atoms with van der Waals surface area (Å²) in [6.07, 6.45) is 3.30. The van der Waals surface area contributed by atoms with Crippen molar-refractivity contribution in [2.75, 3.05) is 13.7 Å². The van der Waals surface area contributed by atoms with Gasteiger partial charge < -0.3 is 15.2 Å². The molecule has 0 aliphatic heterocycles. The van der Waals surface area contributed by atoms with Crippen molar-refractivity contribution in [1.82, 2.24) is 0 Å². The first-order chi connectivity index (χ1) is 8.26. The van der Waals surface area contributed by atoms with E-state index in [4.69, 9.17) is 15.2 Å². The summed E-state index contributed by atoms with van der Waals surface area (Å²) in [5.41, 5.74) is 8.68. The molecule has 3 heteroatoms. The standard InChI is InChI=1S/C14H21NO2/c1-3-4-7-17-13-8-10-5-6-11(16-2)9-12(10)14(13)15/h5-6,9,13-14H,3-4,7-8,15H2,1-2H3. The van der Waals surface area contributed by atoms with Gasteiger partial charge in [0.05, 0.1) is 19.3 Å². The summed E-state index contributed by atoms with van der Waals surface area (Å²) in [4.78, 5) is 0. The first-order valence-corrected chi connectivity index (χ1v) is 6.30. The van der Waals surface area contributed by atoms with Crippen LogP contribution in [0.4, 0.5) is 0 Å². The second-order valence-electron chi connectivity index (χ2n) is 4.56. The van der Waals surface area contributed by atoms with Crippen molar-refractivity contribution in [2.24, 2.45) is 5.73 Å². The highest BCUT2D eigenvalue weighted by molar-refractivity contribution is 5.42. The van der Waals surface area contributed by atoms with Crippen LogP contribution in [0.3, 0.4) is 0 Å². The summed E-state index contributed by atoms with van der Waals surface area (Å²) in [5, 5.41) is 0. The summed E-state index contributed by atoms with van der Waals surface area (Å²) < 4.78 is 11.1. The number of hydrogen-bond donors (Lipinski definition) is 1. The lowest BCUT2D eigenvalue weighted by Crippen LogP contribution is -2.25. The van der Waals surface area contributed by atoms with E-state index < -0.39 is 0 Å². The maximum atomic E-state index is 6.22. The highest BCUT2D eigenvalue weighted by Crippen LogP contribution is 2.34. The van der Waals surface area contributed by atoms with Gasteiger partial charge in [-0.25, -0.2) is 0 Å². The van der Waals surface area contributed by atoms with E-state index in [1.807, 2.05) is 12.1 Å². The van der Waals surface area contributed by atoms with E-state index in [0.29, 0.717) is 0 Å². The predicted octanol–water partition coefficient (Wildman–Crippen LogP) is 2.44. The summed E-state index contributed by atoms with van der Waals surface area (Å²) in [7, 11) is 1.68. The van der Waals surface area contributed by atoms with Crippen LogP contribution in [0.2, 0.25) is 0 Å². The third kappa shape index (κ3) is 2.61. The number of unbranched alkanes of at least 4 members (excludes halogenated alkanes) is 1. The lowest BCUT2D eigenvalue weighted by Gasteiger charge is -2.16. The van der Waals surface area contributed by atoms with Gasteiger partial charge in [0.25, 0.3) is 0 Å². The molecule has 0 radical (unpaired) electrons. The monoisotopic (exact) mass is 235 g/mol. The van der Waals surface area contributed by atoms with Crippen molar-refractivity contribution in [3.63, 3.8) is 0 Å². The lowest BCUT2D eigenvalue weighted by atomic mass is 10.1. The van der Waals surface area contributed by atoms with Gasteiger partial charge in [-0.3, -0.25) is 0 Å². The summed E-state index contributed by atoms with van der Waals surface area (Å²) in [6.45, 7) is 2.97. The van der Waals surface area contributed by atoms with Crippen LogP contribution in [0.1, 0.15) is 36.9 Å². The second kappa shape index (κ2) is 5.52. The Bertz CT molecular complexity index is 378. The van der Waals surface area contributed by atoms with E-state index in [1.54, 1.807) is 7.11 Å². The van der Waals surface area contributed by atoms with Crippen molar-refractivity contribution >= 4 is 0 Å². The van der Waals surface area contributed by atoms with E-state index in [2.05, 4.69) is 13.0 Å². The molecule has 2 N–H and O–H groups in total. The van der Waals surface area contributed by atoms with Crippen LogP contribution in [-0.2, 0) is 11.2 Å². The molecule has 17 heavy (non-hydrogen) atoms. The SMILES string of the molecule is CCCCOC1Cc2ccc(OC)cc2C1N. The highest BCUT2D eigenvalue weighted by atomic mass is 16.5. The van der Waals surface area contributed by atoms with Gasteiger partial charge in [0, 0.05) is 13.0 Å². The molecule has 0 amide bonds. The Balaban J connectivity index is 2.04. The fourth-order valence-electron chi connectivity index (χ4n) is 2.28. The average Bonchev–Trinajstić information content (AvgIpc) is 2.66. The van der Waals surface area contributed by atoms with Crippen molar-refractivity contribution in [1.29, 1.82) is 0 Å². The quantitative estimate of drug-likeness (QED) is 0.797. The van der Waals surface area contributed by atoms with Crippen LogP contribution < -0.4 is 10.5 Å². The Morgan fingerprint density at radius 3 is 2.94 bits per heavy atom. The Labute approximate surface area is 103 Å². The first kappa shape index (κ1) is 12.4. The molecule has 0 saturated heterocycles. The van der Waals surface area contributed by atoms with Crippen molar-refractivity contribution in [3.8, 4) is 5.75 Å². The topological polar surface area (TPSA) is 44.5 Å². The highest BCUT2D eigenvalue weighted by Gasteiger charge is 2.30. The molecule has 3 nitrogen and oxygen atoms in total. The first-order valence-electron chi connectivity index (χ1n) is 6.30. The molecule has 0 saturated carbocycles. The lowest BCUT2D eigenvalue weighted by molar-refractivity contribution is 0.0419. The van der Waals surface area contributed by atoms with Crippen LogP contribution in [0, 0.1) is 0 Å². The molecule has 1 aromatic carbocycles. The van der Waals surface area contributed by atoms with E-state index in [1.165, 1.54) is 11.1 Å². The van der Waals surface area contributed by atoms with Gasteiger partial charge >= 0.3 is 0 Å². The van der Waals surface area contributed by atoms with Gasteiger partial charge in [0.1, 0.15) is 5.75 Å². The van der Waals surface area contributed by atoms with Crippen LogP contribution in [0.25, 0.3) is 0 Å². The normalized spacial score (nSPS) is 22.5. The number of fused-ring (bicyclic) bond motifs is 1. The number of hydrogen-bond acceptors (Lipinski definition) is 3. The van der Waals surface area contributed by atoms with Crippen molar-refractivity contribution in [3.05, 3.63) is 29.3 Å². The molecule has 2 atom stereocenters. The Morgan fingerprint density at radius 1 is 1.41 bits per heavy atom. The summed E-state index contributed by atoms with van der Waals surface area (Å²) in [6, 6.07) is 6.09. The zero-order chi connectivity index (χ0) is 12.3. The number of rotatable bonds is 5. The Kier molecular flexibility index (Phi) is 4.02. The molecular weight excluding hydrogens is 214 g/mol. The number of methoxy groups -OCH3 is 1. The fourth-order valence-corrected chi connectivity index (χ4v) is 2.28. The van der Waals surface area contributed by atoms with Gasteiger partial charge in [-0.05, 0) is 29.7 Å². The molecule has 94 valence electrons. The minimum Gasteiger partial charge on any atom is -0.497 e. The zero-order valence-corrected chi connectivity index (χ0v) is 10.6. The van der Waals surface area contributed by atoms with Crippen molar-refractivity contribution < 1.29 is 9.47 Å². The fraction of sp³-hybridized carbons (Fsp3) is 0.571. The number of ether oxygens (including phenoxy) is 2. The summed E-state index contributed by atoms with van der Waals surface area (Å²) in [5.74, 6) is 0.869. The third-order valence-corrected chi connectivity index (χ3v) is 3.36. The third-order valence-electron chi connectivity index (χ3n) is 3.36. The van der Waals surface area contributed by atoms with Gasteiger partial charge in [-0.2, -0.15) is 0 Å². The van der Waals surface area contributed by atoms with E-state index in [9.17, 15) is 0 Å². The summed E-state index contributed by atoms with van der Waals surface area (Å²) >= 11 is 0. The molecular formula is C14H21NO2. The molecule has 0 bridgehead atoms. The average molecular weight is 235 g/mol. The van der Waals surface area contributed by atoms with Crippen LogP contribution in [0.5, 0.6) is 5.75 Å². The van der Waals surface area contributed by atoms with Crippen LogP contribution >= 0.6 is 0 Å². The van der Waals surface area contributed by atoms with E-state index in [-0.39, 0.29) is 12.1 Å². The molecule has 2 rings (SSSR count). The van der Waals surface area contributed by atoms with Gasteiger partial charge in [-0.1, -0.05) is 19.4 Å². The largest absolute Gasteiger partial charge is 0.497 e. The second-order valence-corrected chi connectivity index (χ2v) is 4.56. The van der Waals surface area contributed by atoms with Crippen LogP contribution in [0.15, 0.2) is 18.2 Å². The maximum absolute atomic E-state index is 6.22. The smallest absolute Gasteiger partial charge is 0.119 e. The van der Waals surface area contributed by atoms with E-state index in [0.717, 1.165) is 31.6 Å². The molecule has 1 aliphatic rings. The zero-order valence-electron chi connectivity index (χ0n) is 10.6. The van der Waals surface area contributed by atoms with Crippen LogP contribution in [-0.4, -0.2) is 19.8 Å².